The summed E-state index contributed by atoms with van der Waals surface area (Å²) < 4.78 is 0.745. The molecule has 1 heterocycles. The van der Waals surface area contributed by atoms with Gasteiger partial charge in [0.05, 0.1) is 11.5 Å². The van der Waals surface area contributed by atoms with Crippen molar-refractivity contribution in [1.82, 2.24) is 4.90 Å². The average Bonchev–Trinajstić information content (AvgIpc) is 2.73. The van der Waals surface area contributed by atoms with Gasteiger partial charge in [0.25, 0.3) is 5.91 Å². The molecule has 1 aliphatic heterocycles. The van der Waals surface area contributed by atoms with Gasteiger partial charge in [-0.1, -0.05) is 11.6 Å². The van der Waals surface area contributed by atoms with Gasteiger partial charge in [0.2, 0.25) is 0 Å². The molecular formula is C14H16BrNO3. The monoisotopic (exact) mass is 325 g/mol. The maximum atomic E-state index is 12.5. The van der Waals surface area contributed by atoms with Crippen LogP contribution in [-0.2, 0) is 4.79 Å². The molecule has 2 unspecified atom stereocenters. The Balaban J connectivity index is 2.26. The summed E-state index contributed by atoms with van der Waals surface area (Å²) in [4.78, 5) is 25.2. The molecule has 1 saturated heterocycles. The van der Waals surface area contributed by atoms with Gasteiger partial charge in [-0.3, -0.25) is 9.59 Å². The Labute approximate surface area is 120 Å². The molecule has 19 heavy (non-hydrogen) atoms. The lowest BCUT2D eigenvalue weighted by Gasteiger charge is -2.24. The van der Waals surface area contributed by atoms with Crippen LogP contribution in [0, 0.1) is 12.8 Å². The second-order valence-electron chi connectivity index (χ2n) is 4.96. The first-order chi connectivity index (χ1) is 8.91. The molecule has 4 nitrogen and oxygen atoms in total. The first-order valence-electron chi connectivity index (χ1n) is 6.21. The number of carboxylic acid groups (broad SMARTS) is 1. The maximum Gasteiger partial charge on any atom is 0.308 e. The number of carbonyl (C=O) groups excluding carboxylic acids is 1. The standard InChI is InChI=1S/C14H16BrNO3/c1-8-3-4-12(15)11(7-8)13(17)16-6-5-10(9(16)2)14(18)19/h3-4,7,9-10H,5-6H2,1-2H3,(H,18,19). The first kappa shape index (κ1) is 14.1. The van der Waals surface area contributed by atoms with Crippen LogP contribution in [0.5, 0.6) is 0 Å². The van der Waals surface area contributed by atoms with Gasteiger partial charge in [-0.25, -0.2) is 0 Å². The predicted molar refractivity (Wildman–Crippen MR) is 75.1 cm³/mol. The lowest BCUT2D eigenvalue weighted by molar-refractivity contribution is -0.142. The number of carboxylic acids is 1. The molecule has 0 aliphatic carbocycles. The molecule has 1 N–H and O–H groups in total. The zero-order valence-electron chi connectivity index (χ0n) is 10.9. The quantitative estimate of drug-likeness (QED) is 0.909. The number of likely N-dealkylation sites (tertiary alicyclic amines) is 1. The van der Waals surface area contributed by atoms with Gasteiger partial charge < -0.3 is 10.0 Å². The fourth-order valence-electron chi connectivity index (χ4n) is 2.51. The third-order valence-electron chi connectivity index (χ3n) is 3.69. The highest BCUT2D eigenvalue weighted by Crippen LogP contribution is 2.28. The number of rotatable bonds is 2. The summed E-state index contributed by atoms with van der Waals surface area (Å²) in [6, 6.07) is 5.33. The SMILES string of the molecule is Cc1ccc(Br)c(C(=O)N2CCC(C(=O)O)C2C)c1. The first-order valence-corrected chi connectivity index (χ1v) is 7.01. The van der Waals surface area contributed by atoms with E-state index in [-0.39, 0.29) is 11.9 Å². The Morgan fingerprint density at radius 2 is 2.11 bits per heavy atom. The Bertz CT molecular complexity index is 529. The van der Waals surface area contributed by atoms with Crippen LogP contribution >= 0.6 is 15.9 Å². The van der Waals surface area contributed by atoms with E-state index in [9.17, 15) is 9.59 Å². The van der Waals surface area contributed by atoms with E-state index in [0.29, 0.717) is 18.5 Å². The summed E-state index contributed by atoms with van der Waals surface area (Å²) in [5.74, 6) is -1.40. The van der Waals surface area contributed by atoms with Crippen molar-refractivity contribution in [2.45, 2.75) is 26.3 Å². The lowest BCUT2D eigenvalue weighted by atomic mass is 10.0. The van der Waals surface area contributed by atoms with Crippen LogP contribution in [0.15, 0.2) is 22.7 Å². The number of hydrogen-bond acceptors (Lipinski definition) is 2. The molecule has 1 aromatic rings. The molecule has 0 saturated carbocycles. The number of amides is 1. The van der Waals surface area contributed by atoms with Gasteiger partial charge in [-0.05, 0) is 48.3 Å². The van der Waals surface area contributed by atoms with Crippen molar-refractivity contribution >= 4 is 27.8 Å². The van der Waals surface area contributed by atoms with Crippen LogP contribution in [0.4, 0.5) is 0 Å². The van der Waals surface area contributed by atoms with Gasteiger partial charge in [0.1, 0.15) is 0 Å². The van der Waals surface area contributed by atoms with Crippen molar-refractivity contribution in [3.63, 3.8) is 0 Å². The minimum absolute atomic E-state index is 0.105. The highest BCUT2D eigenvalue weighted by Gasteiger charge is 2.38. The van der Waals surface area contributed by atoms with Crippen molar-refractivity contribution in [3.8, 4) is 0 Å². The smallest absolute Gasteiger partial charge is 0.308 e. The number of benzene rings is 1. The fourth-order valence-corrected chi connectivity index (χ4v) is 2.93. The van der Waals surface area contributed by atoms with E-state index in [4.69, 9.17) is 5.11 Å². The molecule has 102 valence electrons. The van der Waals surface area contributed by atoms with Crippen molar-refractivity contribution in [3.05, 3.63) is 33.8 Å². The van der Waals surface area contributed by atoms with Gasteiger partial charge >= 0.3 is 5.97 Å². The van der Waals surface area contributed by atoms with Crippen LogP contribution in [0.25, 0.3) is 0 Å². The lowest BCUT2D eigenvalue weighted by Crippen LogP contribution is -2.37. The Morgan fingerprint density at radius 3 is 2.68 bits per heavy atom. The minimum Gasteiger partial charge on any atom is -0.481 e. The summed E-state index contributed by atoms with van der Waals surface area (Å²) in [7, 11) is 0. The van der Waals surface area contributed by atoms with E-state index in [0.717, 1.165) is 10.0 Å². The molecule has 1 aromatic carbocycles. The van der Waals surface area contributed by atoms with Crippen molar-refractivity contribution in [2.75, 3.05) is 6.54 Å². The molecule has 0 bridgehead atoms. The highest BCUT2D eigenvalue weighted by molar-refractivity contribution is 9.10. The van der Waals surface area contributed by atoms with Crippen LogP contribution < -0.4 is 0 Å². The number of carbonyl (C=O) groups is 2. The van der Waals surface area contributed by atoms with E-state index in [1.165, 1.54) is 0 Å². The van der Waals surface area contributed by atoms with Gasteiger partial charge in [0, 0.05) is 17.1 Å². The van der Waals surface area contributed by atoms with Crippen molar-refractivity contribution in [2.24, 2.45) is 5.92 Å². The highest BCUT2D eigenvalue weighted by atomic mass is 79.9. The number of hydrogen-bond donors (Lipinski definition) is 1. The Hall–Kier alpha value is -1.36. The summed E-state index contributed by atoms with van der Waals surface area (Å²) in [5.41, 5.74) is 1.60. The average molecular weight is 326 g/mol. The molecule has 1 amide bonds. The fraction of sp³-hybridized carbons (Fsp3) is 0.429. The second kappa shape index (κ2) is 5.33. The van der Waals surface area contributed by atoms with Crippen molar-refractivity contribution in [1.29, 1.82) is 0 Å². The molecule has 0 spiro atoms. The Morgan fingerprint density at radius 1 is 1.42 bits per heavy atom. The molecule has 0 aromatic heterocycles. The molecular weight excluding hydrogens is 310 g/mol. The zero-order chi connectivity index (χ0) is 14.2. The topological polar surface area (TPSA) is 57.6 Å². The molecule has 1 fully saturated rings. The summed E-state index contributed by atoms with van der Waals surface area (Å²) in [5, 5.41) is 9.11. The number of halogens is 1. The number of aryl methyl sites for hydroxylation is 1. The van der Waals surface area contributed by atoms with E-state index < -0.39 is 11.9 Å². The van der Waals surface area contributed by atoms with E-state index >= 15 is 0 Å². The summed E-state index contributed by atoms with van der Waals surface area (Å²) >= 11 is 3.38. The predicted octanol–water partition coefficient (Wildman–Crippen LogP) is 2.69. The Kier molecular flexibility index (Phi) is 3.94. The summed E-state index contributed by atoms with van der Waals surface area (Å²) in [6.07, 6.45) is 0.520. The molecule has 2 atom stereocenters. The van der Waals surface area contributed by atoms with E-state index in [2.05, 4.69) is 15.9 Å². The van der Waals surface area contributed by atoms with Crippen LogP contribution in [0.1, 0.15) is 29.3 Å². The van der Waals surface area contributed by atoms with Gasteiger partial charge in [-0.15, -0.1) is 0 Å². The minimum atomic E-state index is -0.828. The molecule has 0 radical (unpaired) electrons. The second-order valence-corrected chi connectivity index (χ2v) is 5.81. The third-order valence-corrected chi connectivity index (χ3v) is 4.38. The zero-order valence-corrected chi connectivity index (χ0v) is 12.5. The van der Waals surface area contributed by atoms with Crippen LogP contribution in [0.3, 0.4) is 0 Å². The summed E-state index contributed by atoms with van der Waals surface area (Å²) in [6.45, 7) is 4.22. The van der Waals surface area contributed by atoms with Crippen LogP contribution in [0.2, 0.25) is 0 Å². The third kappa shape index (κ3) is 2.66. The van der Waals surface area contributed by atoms with Crippen LogP contribution in [-0.4, -0.2) is 34.5 Å². The van der Waals surface area contributed by atoms with E-state index in [1.54, 1.807) is 11.8 Å². The van der Waals surface area contributed by atoms with Gasteiger partial charge in [0.15, 0.2) is 0 Å². The number of nitrogens with zero attached hydrogens (tertiary/aromatic N) is 1. The van der Waals surface area contributed by atoms with Crippen molar-refractivity contribution < 1.29 is 14.7 Å². The largest absolute Gasteiger partial charge is 0.481 e. The normalized spacial score (nSPS) is 22.6. The van der Waals surface area contributed by atoms with E-state index in [1.807, 2.05) is 25.1 Å². The maximum absolute atomic E-state index is 12.5. The van der Waals surface area contributed by atoms with Gasteiger partial charge in [-0.2, -0.15) is 0 Å². The molecule has 5 heteroatoms. The molecule has 2 rings (SSSR count). The number of aliphatic carboxylic acids is 1. The molecule has 1 aliphatic rings.